The average molecular weight is 769 g/mol. The van der Waals surface area contributed by atoms with Gasteiger partial charge < -0.3 is 29.3 Å². The molecule has 1 saturated heterocycles. The van der Waals surface area contributed by atoms with Crippen LogP contribution in [0, 0.1) is 17.8 Å². The van der Waals surface area contributed by atoms with Gasteiger partial charge in [0.15, 0.2) is 0 Å². The Hall–Kier alpha value is -3.74. The highest BCUT2D eigenvalue weighted by atomic mass is 32.2. The van der Waals surface area contributed by atoms with Gasteiger partial charge in [0, 0.05) is 75.8 Å². The number of aliphatic hydroxyl groups is 2. The SMILES string of the molecule is C=CCOC12Oc3ccc(OCCN4CC4)cc3C3C(CCCCO)C(CCCCO)C=C(C(=NOCc4ccccc4)CC1SCCc1cnccn1)C32. The number of nitrogens with zero attached hydrogens (tertiary/aromatic N) is 4. The summed E-state index contributed by atoms with van der Waals surface area (Å²) in [6.45, 7) is 8.92. The van der Waals surface area contributed by atoms with Crippen LogP contribution in [-0.2, 0) is 22.6 Å². The molecule has 2 aliphatic heterocycles. The number of ether oxygens (including phenoxy) is 3. The highest BCUT2D eigenvalue weighted by Crippen LogP contribution is 2.62. The van der Waals surface area contributed by atoms with Crippen LogP contribution < -0.4 is 9.47 Å². The topological polar surface area (TPSA) is 119 Å². The van der Waals surface area contributed by atoms with E-state index in [0.717, 1.165) is 110 Å². The molecular formula is C44H56N4O6S. The fourth-order valence-corrected chi connectivity index (χ4v) is 10.1. The van der Waals surface area contributed by atoms with Crippen molar-refractivity contribution in [2.75, 3.05) is 51.8 Å². The number of aryl methyl sites for hydroxylation is 1. The van der Waals surface area contributed by atoms with Crippen molar-refractivity contribution in [3.05, 3.63) is 108 Å². The van der Waals surface area contributed by atoms with Crippen LogP contribution in [0.5, 0.6) is 11.5 Å². The van der Waals surface area contributed by atoms with Crippen LogP contribution in [-0.4, -0.2) is 93.6 Å². The number of fused-ring (bicyclic) bond motifs is 2. The fraction of sp³-hybridized carbons (Fsp3) is 0.523. The molecule has 3 aromatic rings. The lowest BCUT2D eigenvalue weighted by Crippen LogP contribution is -2.64. The number of unbranched alkanes of at least 4 members (excludes halogenated alkanes) is 2. The Bertz CT molecular complexity index is 1740. The van der Waals surface area contributed by atoms with Gasteiger partial charge in [0.05, 0.1) is 29.2 Å². The number of aliphatic hydroxyl groups excluding tert-OH is 2. The lowest BCUT2D eigenvalue weighted by Gasteiger charge is -2.58. The maximum atomic E-state index is 9.91. The first-order valence-electron chi connectivity index (χ1n) is 20.1. The van der Waals surface area contributed by atoms with Crippen LogP contribution in [0.2, 0.25) is 0 Å². The minimum Gasteiger partial charge on any atom is -0.492 e. The summed E-state index contributed by atoms with van der Waals surface area (Å²) in [6.07, 6.45) is 16.1. The zero-order chi connectivity index (χ0) is 37.9. The van der Waals surface area contributed by atoms with Gasteiger partial charge in [-0.3, -0.25) is 14.9 Å². The van der Waals surface area contributed by atoms with Crippen molar-refractivity contribution in [2.24, 2.45) is 22.9 Å². The molecule has 7 rings (SSSR count). The van der Waals surface area contributed by atoms with E-state index in [1.54, 1.807) is 12.4 Å². The van der Waals surface area contributed by atoms with E-state index >= 15 is 0 Å². The van der Waals surface area contributed by atoms with Crippen molar-refractivity contribution in [3.8, 4) is 11.5 Å². The second-order valence-electron chi connectivity index (χ2n) is 15.0. The molecule has 1 saturated carbocycles. The average Bonchev–Trinajstić information content (AvgIpc) is 4.05. The van der Waals surface area contributed by atoms with E-state index < -0.39 is 5.79 Å². The van der Waals surface area contributed by atoms with Gasteiger partial charge in [-0.05, 0) is 72.6 Å². The van der Waals surface area contributed by atoms with Crippen molar-refractivity contribution in [1.29, 1.82) is 0 Å². The van der Waals surface area contributed by atoms with Gasteiger partial charge in [-0.25, -0.2) is 0 Å². The third kappa shape index (κ3) is 9.63. The van der Waals surface area contributed by atoms with Crippen LogP contribution in [0.3, 0.4) is 0 Å². The second kappa shape index (κ2) is 19.4. The number of benzene rings is 2. The van der Waals surface area contributed by atoms with E-state index in [9.17, 15) is 10.2 Å². The van der Waals surface area contributed by atoms with E-state index in [-0.39, 0.29) is 42.1 Å². The Kier molecular flexibility index (Phi) is 13.9. The third-order valence-corrected chi connectivity index (χ3v) is 12.7. The lowest BCUT2D eigenvalue weighted by atomic mass is 9.56. The lowest BCUT2D eigenvalue weighted by molar-refractivity contribution is -0.223. The number of thioether (sulfide) groups is 1. The van der Waals surface area contributed by atoms with Crippen molar-refractivity contribution in [1.82, 2.24) is 14.9 Å². The normalized spacial score (nSPS) is 26.0. The smallest absolute Gasteiger partial charge is 0.230 e. The van der Waals surface area contributed by atoms with E-state index in [4.69, 9.17) is 24.2 Å². The molecule has 2 aromatic carbocycles. The van der Waals surface area contributed by atoms with Gasteiger partial charge in [-0.15, -0.1) is 6.58 Å². The summed E-state index contributed by atoms with van der Waals surface area (Å²) in [5, 5.41) is 24.5. The summed E-state index contributed by atoms with van der Waals surface area (Å²) >= 11 is 1.83. The van der Waals surface area contributed by atoms with Gasteiger partial charge in [0.2, 0.25) is 5.79 Å². The fourth-order valence-electron chi connectivity index (χ4n) is 8.68. The number of allylic oxidation sites excluding steroid dienone is 1. The maximum Gasteiger partial charge on any atom is 0.230 e. The Balaban J connectivity index is 1.33. The van der Waals surface area contributed by atoms with E-state index in [1.807, 2.05) is 48.3 Å². The molecule has 4 aliphatic rings. The molecule has 0 amide bonds. The Morgan fingerprint density at radius 3 is 2.64 bits per heavy atom. The van der Waals surface area contributed by atoms with Gasteiger partial charge in [0.1, 0.15) is 24.7 Å². The molecule has 11 heteroatoms. The zero-order valence-corrected chi connectivity index (χ0v) is 32.7. The van der Waals surface area contributed by atoms with Crippen LogP contribution in [0.15, 0.2) is 96.6 Å². The van der Waals surface area contributed by atoms with Crippen molar-refractivity contribution < 1.29 is 29.3 Å². The Labute approximate surface area is 330 Å². The van der Waals surface area contributed by atoms with Crippen molar-refractivity contribution in [3.63, 3.8) is 0 Å². The van der Waals surface area contributed by atoms with Crippen molar-refractivity contribution in [2.45, 2.75) is 74.9 Å². The predicted octanol–water partition coefficient (Wildman–Crippen LogP) is 6.98. The predicted molar refractivity (Wildman–Crippen MR) is 216 cm³/mol. The number of hydrogen-bond donors (Lipinski definition) is 2. The highest BCUT2D eigenvalue weighted by Gasteiger charge is 2.64. The highest BCUT2D eigenvalue weighted by molar-refractivity contribution is 8.00. The molecule has 0 spiro atoms. The standard InChI is InChI=1S/C44H56N4O6S/c1-2-24-52-44-41(55-26-16-34-30-45-17-18-46-34)29-39(47-53-31-32-10-4-3-5-11-32)37-27-33(12-6-8-22-49)36(13-7-9-23-50)42(43(37)44)38-28-35(14-15-40(38)54-44)51-25-21-48-19-20-48/h2-5,10-11,14-15,17-18,27-28,30,33,36,41-43,49-50H,1,6-9,12-13,16,19-26,29,31H2. The molecular weight excluding hydrogens is 713 g/mol. The third-order valence-electron chi connectivity index (χ3n) is 11.4. The molecule has 6 unspecified atom stereocenters. The Morgan fingerprint density at radius 2 is 1.87 bits per heavy atom. The summed E-state index contributed by atoms with van der Waals surface area (Å²) < 4.78 is 20.8. The first-order chi connectivity index (χ1) is 27.1. The molecule has 2 aliphatic carbocycles. The zero-order valence-electron chi connectivity index (χ0n) is 31.8. The largest absolute Gasteiger partial charge is 0.492 e. The number of rotatable bonds is 22. The molecule has 0 bridgehead atoms. The summed E-state index contributed by atoms with van der Waals surface area (Å²) in [5.74, 6) is 1.72. The molecule has 3 heterocycles. The molecule has 0 radical (unpaired) electrons. The molecule has 1 aromatic heterocycles. The van der Waals surface area contributed by atoms with E-state index in [2.05, 4.69) is 51.8 Å². The molecule has 2 fully saturated rings. The van der Waals surface area contributed by atoms with Crippen LogP contribution in [0.25, 0.3) is 0 Å². The number of hydrogen-bond acceptors (Lipinski definition) is 11. The van der Waals surface area contributed by atoms with Crippen molar-refractivity contribution >= 4 is 17.5 Å². The first kappa shape index (κ1) is 39.5. The maximum absolute atomic E-state index is 9.91. The summed E-state index contributed by atoms with van der Waals surface area (Å²) in [6, 6.07) is 16.5. The minimum absolute atomic E-state index is 0.0184. The van der Waals surface area contributed by atoms with Gasteiger partial charge in [0.25, 0.3) is 0 Å². The molecule has 10 nitrogen and oxygen atoms in total. The van der Waals surface area contributed by atoms with Crippen LogP contribution in [0.1, 0.15) is 67.7 Å². The van der Waals surface area contributed by atoms with E-state index in [0.29, 0.717) is 26.2 Å². The number of oxime groups is 1. The van der Waals surface area contributed by atoms with Gasteiger partial charge in [-0.2, -0.15) is 11.8 Å². The molecule has 55 heavy (non-hydrogen) atoms. The van der Waals surface area contributed by atoms with E-state index in [1.165, 1.54) is 0 Å². The van der Waals surface area contributed by atoms with Crippen LogP contribution in [0.4, 0.5) is 0 Å². The quantitative estimate of drug-likeness (QED) is 0.0480. The monoisotopic (exact) mass is 768 g/mol. The summed E-state index contributed by atoms with van der Waals surface area (Å²) in [5.41, 5.74) is 5.19. The molecule has 294 valence electrons. The number of aromatic nitrogens is 2. The Morgan fingerprint density at radius 1 is 1.04 bits per heavy atom. The second-order valence-corrected chi connectivity index (χ2v) is 16.3. The summed E-state index contributed by atoms with van der Waals surface area (Å²) in [7, 11) is 0. The summed E-state index contributed by atoms with van der Waals surface area (Å²) in [4.78, 5) is 17.4. The van der Waals surface area contributed by atoms with Gasteiger partial charge >= 0.3 is 0 Å². The molecule has 2 N–H and O–H groups in total. The minimum atomic E-state index is -1.02. The molecule has 6 atom stereocenters. The van der Waals surface area contributed by atoms with Crippen LogP contribution >= 0.6 is 11.8 Å². The first-order valence-corrected chi connectivity index (χ1v) is 21.1. The van der Waals surface area contributed by atoms with Gasteiger partial charge in [-0.1, -0.05) is 60.5 Å².